The Morgan fingerprint density at radius 2 is 2.44 bits per heavy atom. The zero-order chi connectivity index (χ0) is 6.85. The molecular weight excluding hydrogens is 116 g/mol. The fraction of sp³-hybridized carbons (Fsp3) is 0.571. The smallest absolute Gasteiger partial charge is 0.311 e. The molecule has 1 rings (SSSR count). The van der Waals surface area contributed by atoms with Gasteiger partial charge in [0.25, 0.3) is 0 Å². The first-order valence-electron chi connectivity index (χ1n) is 3.07. The summed E-state index contributed by atoms with van der Waals surface area (Å²) in [6.07, 6.45) is 2.48. The van der Waals surface area contributed by atoms with Crippen LogP contribution in [-0.2, 0) is 9.53 Å². The van der Waals surface area contributed by atoms with E-state index >= 15 is 0 Å². The lowest BCUT2D eigenvalue weighted by atomic mass is 10.1. The van der Waals surface area contributed by atoms with Gasteiger partial charge in [0.1, 0.15) is 5.76 Å². The maximum atomic E-state index is 10.6. The lowest BCUT2D eigenvalue weighted by molar-refractivity contribution is -0.141. The zero-order valence-electron chi connectivity index (χ0n) is 5.68. The molecule has 0 aliphatic carbocycles. The summed E-state index contributed by atoms with van der Waals surface area (Å²) in [5.41, 5.74) is 0. The number of ether oxygens (including phenoxy) is 1. The van der Waals surface area contributed by atoms with Crippen molar-refractivity contribution in [1.82, 2.24) is 0 Å². The summed E-state index contributed by atoms with van der Waals surface area (Å²) >= 11 is 0. The summed E-state index contributed by atoms with van der Waals surface area (Å²) in [6.45, 7) is 3.80. The van der Waals surface area contributed by atoms with E-state index in [1.807, 2.05) is 13.0 Å². The topological polar surface area (TPSA) is 26.3 Å². The Morgan fingerprint density at radius 3 is 2.89 bits per heavy atom. The van der Waals surface area contributed by atoms with Crippen molar-refractivity contribution in [1.29, 1.82) is 0 Å². The van der Waals surface area contributed by atoms with E-state index in [1.165, 1.54) is 0 Å². The van der Waals surface area contributed by atoms with Crippen LogP contribution in [0.1, 0.15) is 20.3 Å². The molecule has 1 heterocycles. The third-order valence-corrected chi connectivity index (χ3v) is 1.28. The van der Waals surface area contributed by atoms with E-state index in [2.05, 4.69) is 0 Å². The van der Waals surface area contributed by atoms with Crippen LogP contribution in [0, 0.1) is 5.92 Å². The summed E-state index contributed by atoms with van der Waals surface area (Å²) in [7, 11) is 0. The molecule has 0 saturated heterocycles. The van der Waals surface area contributed by atoms with E-state index < -0.39 is 0 Å². The van der Waals surface area contributed by atoms with E-state index in [0.717, 1.165) is 5.76 Å². The number of hydrogen-bond donors (Lipinski definition) is 0. The van der Waals surface area contributed by atoms with Crippen molar-refractivity contribution in [2.24, 2.45) is 5.92 Å². The van der Waals surface area contributed by atoms with Gasteiger partial charge in [0.05, 0.1) is 6.42 Å². The SMILES string of the molecule is CC1=C[C@H](C)CC(=O)O1. The lowest BCUT2D eigenvalue weighted by Gasteiger charge is -2.13. The predicted molar refractivity (Wildman–Crippen MR) is 33.6 cm³/mol. The van der Waals surface area contributed by atoms with E-state index in [9.17, 15) is 4.79 Å². The zero-order valence-corrected chi connectivity index (χ0v) is 5.68. The van der Waals surface area contributed by atoms with E-state index in [-0.39, 0.29) is 5.97 Å². The second-order valence-corrected chi connectivity index (χ2v) is 2.43. The molecule has 0 aromatic rings. The summed E-state index contributed by atoms with van der Waals surface area (Å²) in [4.78, 5) is 10.6. The molecule has 2 nitrogen and oxygen atoms in total. The van der Waals surface area contributed by atoms with Gasteiger partial charge >= 0.3 is 5.97 Å². The molecule has 0 aromatic heterocycles. The van der Waals surface area contributed by atoms with Gasteiger partial charge in [-0.15, -0.1) is 0 Å². The second-order valence-electron chi connectivity index (χ2n) is 2.43. The van der Waals surface area contributed by atoms with Gasteiger partial charge in [-0.05, 0) is 18.9 Å². The summed E-state index contributed by atoms with van der Waals surface area (Å²) in [5, 5.41) is 0. The minimum absolute atomic E-state index is 0.109. The quantitative estimate of drug-likeness (QED) is 0.459. The first-order chi connectivity index (χ1) is 4.18. The molecular formula is C7H10O2. The molecule has 2 heteroatoms. The highest BCUT2D eigenvalue weighted by Gasteiger charge is 2.14. The summed E-state index contributed by atoms with van der Waals surface area (Å²) in [6, 6.07) is 0. The molecule has 0 fully saturated rings. The van der Waals surface area contributed by atoms with Crippen LogP contribution in [0.25, 0.3) is 0 Å². The largest absolute Gasteiger partial charge is 0.432 e. The molecule has 0 saturated carbocycles. The van der Waals surface area contributed by atoms with Crippen LogP contribution in [-0.4, -0.2) is 5.97 Å². The maximum absolute atomic E-state index is 10.6. The van der Waals surface area contributed by atoms with E-state index in [0.29, 0.717) is 12.3 Å². The van der Waals surface area contributed by atoms with Crippen LogP contribution in [0.3, 0.4) is 0 Å². The fourth-order valence-electron chi connectivity index (χ4n) is 0.978. The monoisotopic (exact) mass is 126 g/mol. The Bertz CT molecular complexity index is 158. The molecule has 9 heavy (non-hydrogen) atoms. The number of cyclic esters (lactones) is 1. The van der Waals surface area contributed by atoms with Crippen LogP contribution < -0.4 is 0 Å². The van der Waals surface area contributed by atoms with Crippen LogP contribution in [0.4, 0.5) is 0 Å². The van der Waals surface area contributed by atoms with Crippen molar-refractivity contribution in [2.45, 2.75) is 20.3 Å². The van der Waals surface area contributed by atoms with Crippen molar-refractivity contribution in [3.63, 3.8) is 0 Å². The van der Waals surface area contributed by atoms with Gasteiger partial charge in [-0.3, -0.25) is 4.79 Å². The average Bonchev–Trinajstić information content (AvgIpc) is 1.59. The van der Waals surface area contributed by atoms with Gasteiger partial charge in [0, 0.05) is 0 Å². The third-order valence-electron chi connectivity index (χ3n) is 1.28. The minimum atomic E-state index is -0.109. The van der Waals surface area contributed by atoms with Gasteiger partial charge in [-0.2, -0.15) is 0 Å². The minimum Gasteiger partial charge on any atom is -0.432 e. The van der Waals surface area contributed by atoms with Crippen LogP contribution >= 0.6 is 0 Å². The van der Waals surface area contributed by atoms with Gasteiger partial charge < -0.3 is 4.74 Å². The predicted octanol–water partition coefficient (Wildman–Crippen LogP) is 1.47. The number of hydrogen-bond acceptors (Lipinski definition) is 2. The Morgan fingerprint density at radius 1 is 1.78 bits per heavy atom. The number of carbonyl (C=O) groups is 1. The highest BCUT2D eigenvalue weighted by Crippen LogP contribution is 2.15. The van der Waals surface area contributed by atoms with E-state index in [4.69, 9.17) is 4.74 Å². The molecule has 0 radical (unpaired) electrons. The first-order valence-corrected chi connectivity index (χ1v) is 3.07. The molecule has 0 spiro atoms. The molecule has 1 aliphatic rings. The standard InChI is InChI=1S/C7H10O2/c1-5-3-6(2)9-7(8)4-5/h3,5H,4H2,1-2H3/t5-/m0/s1. The number of esters is 1. The van der Waals surface area contributed by atoms with Gasteiger partial charge in [0.15, 0.2) is 0 Å². The Balaban J connectivity index is 2.67. The molecule has 50 valence electrons. The third kappa shape index (κ3) is 1.56. The molecule has 1 aliphatic heterocycles. The molecule has 1 atom stereocenters. The Hall–Kier alpha value is -0.790. The summed E-state index contributed by atoms with van der Waals surface area (Å²) in [5.74, 6) is 0.979. The molecule has 0 aromatic carbocycles. The van der Waals surface area contributed by atoms with E-state index in [1.54, 1.807) is 6.92 Å². The second kappa shape index (κ2) is 2.21. The number of carbonyl (C=O) groups excluding carboxylic acids is 1. The Kier molecular flexibility index (Phi) is 1.56. The number of allylic oxidation sites excluding steroid dienone is 2. The normalized spacial score (nSPS) is 27.1. The van der Waals surface area contributed by atoms with Crippen LogP contribution in [0.15, 0.2) is 11.8 Å². The number of rotatable bonds is 0. The van der Waals surface area contributed by atoms with Crippen molar-refractivity contribution in [2.75, 3.05) is 0 Å². The highest BCUT2D eigenvalue weighted by atomic mass is 16.5. The van der Waals surface area contributed by atoms with Crippen molar-refractivity contribution >= 4 is 5.97 Å². The van der Waals surface area contributed by atoms with Crippen molar-refractivity contribution < 1.29 is 9.53 Å². The molecule has 0 bridgehead atoms. The molecule has 0 unspecified atom stereocenters. The highest BCUT2D eigenvalue weighted by molar-refractivity contribution is 5.72. The van der Waals surface area contributed by atoms with Gasteiger partial charge in [0.2, 0.25) is 0 Å². The maximum Gasteiger partial charge on any atom is 0.311 e. The van der Waals surface area contributed by atoms with Gasteiger partial charge in [-0.1, -0.05) is 6.92 Å². The molecule has 0 N–H and O–H groups in total. The first kappa shape index (κ1) is 6.33. The average molecular weight is 126 g/mol. The molecule has 0 amide bonds. The lowest BCUT2D eigenvalue weighted by Crippen LogP contribution is -2.12. The van der Waals surface area contributed by atoms with Crippen LogP contribution in [0.2, 0.25) is 0 Å². The summed E-state index contributed by atoms with van der Waals surface area (Å²) < 4.78 is 4.78. The van der Waals surface area contributed by atoms with Crippen molar-refractivity contribution in [3.8, 4) is 0 Å². The fourth-order valence-corrected chi connectivity index (χ4v) is 0.978. The van der Waals surface area contributed by atoms with Gasteiger partial charge in [-0.25, -0.2) is 0 Å². The van der Waals surface area contributed by atoms with Crippen molar-refractivity contribution in [3.05, 3.63) is 11.8 Å². The van der Waals surface area contributed by atoms with Crippen LogP contribution in [0.5, 0.6) is 0 Å². The Labute approximate surface area is 54.5 Å².